The molecule has 6 heteroatoms. The van der Waals surface area contributed by atoms with Gasteiger partial charge in [0, 0.05) is 6.61 Å². The highest BCUT2D eigenvalue weighted by Crippen LogP contribution is 2.15. The molecular weight excluding hydrogens is 360 g/mol. The molecule has 0 aliphatic carbocycles. The summed E-state index contributed by atoms with van der Waals surface area (Å²) >= 11 is 0. The average molecular weight is 407 g/mol. The lowest BCUT2D eigenvalue weighted by Crippen LogP contribution is -2.13. The van der Waals surface area contributed by atoms with Crippen LogP contribution in [0.1, 0.15) is 65.2 Å². The zero-order valence-electron chi connectivity index (χ0n) is 18.5. The van der Waals surface area contributed by atoms with Gasteiger partial charge in [0.25, 0.3) is 0 Å². The summed E-state index contributed by atoms with van der Waals surface area (Å²) in [4.78, 5) is 0. The Morgan fingerprint density at radius 3 is 1.46 bits per heavy atom. The van der Waals surface area contributed by atoms with Crippen LogP contribution in [0, 0.1) is 5.92 Å². The van der Waals surface area contributed by atoms with Gasteiger partial charge in [-0.05, 0) is 12.3 Å². The number of rotatable bonds is 24. The van der Waals surface area contributed by atoms with Gasteiger partial charge in [0.15, 0.2) is 0 Å². The predicted molar refractivity (Wildman–Crippen MR) is 113 cm³/mol. The van der Waals surface area contributed by atoms with E-state index in [0.29, 0.717) is 59.5 Å². The van der Waals surface area contributed by atoms with Gasteiger partial charge in [0.2, 0.25) is 0 Å². The molecular formula is C22H46O6. The van der Waals surface area contributed by atoms with Crippen molar-refractivity contribution < 1.29 is 28.8 Å². The smallest absolute Gasteiger partial charge is 0.0701 e. The molecule has 28 heavy (non-hydrogen) atoms. The summed E-state index contributed by atoms with van der Waals surface area (Å²) in [7, 11) is 0. The second-order valence-electron chi connectivity index (χ2n) is 7.24. The lowest BCUT2D eigenvalue weighted by atomic mass is 9.98. The first-order valence-corrected chi connectivity index (χ1v) is 11.3. The Morgan fingerprint density at radius 2 is 0.964 bits per heavy atom. The van der Waals surface area contributed by atoms with Crippen molar-refractivity contribution in [1.82, 2.24) is 0 Å². The molecule has 0 rings (SSSR count). The highest BCUT2D eigenvalue weighted by molar-refractivity contribution is 4.53. The van der Waals surface area contributed by atoms with Crippen molar-refractivity contribution >= 4 is 0 Å². The molecule has 0 aliphatic heterocycles. The average Bonchev–Trinajstić information content (AvgIpc) is 2.69. The van der Waals surface area contributed by atoms with E-state index in [1.54, 1.807) is 0 Å². The molecule has 0 saturated carbocycles. The van der Waals surface area contributed by atoms with Gasteiger partial charge in [-0.2, -0.15) is 0 Å². The van der Waals surface area contributed by atoms with Crippen LogP contribution in [0.15, 0.2) is 0 Å². The summed E-state index contributed by atoms with van der Waals surface area (Å²) in [6.45, 7) is 10.5. The van der Waals surface area contributed by atoms with E-state index in [2.05, 4.69) is 13.8 Å². The lowest BCUT2D eigenvalue weighted by Gasteiger charge is -2.09. The van der Waals surface area contributed by atoms with Crippen molar-refractivity contribution in [2.75, 3.05) is 72.7 Å². The maximum absolute atomic E-state index is 8.54. The molecule has 1 unspecified atom stereocenters. The Balaban J connectivity index is 3.01. The fourth-order valence-electron chi connectivity index (χ4n) is 2.91. The van der Waals surface area contributed by atoms with Crippen LogP contribution in [0.2, 0.25) is 0 Å². The van der Waals surface area contributed by atoms with Crippen LogP contribution >= 0.6 is 0 Å². The van der Waals surface area contributed by atoms with Crippen LogP contribution in [0.3, 0.4) is 0 Å². The highest BCUT2D eigenvalue weighted by atomic mass is 16.6. The molecule has 0 amide bonds. The zero-order valence-corrected chi connectivity index (χ0v) is 18.5. The second-order valence-corrected chi connectivity index (χ2v) is 7.24. The molecule has 0 bridgehead atoms. The number of hydrogen-bond acceptors (Lipinski definition) is 6. The Morgan fingerprint density at radius 1 is 0.536 bits per heavy atom. The third kappa shape index (κ3) is 23.8. The van der Waals surface area contributed by atoms with E-state index in [-0.39, 0.29) is 6.61 Å². The zero-order chi connectivity index (χ0) is 20.5. The van der Waals surface area contributed by atoms with Gasteiger partial charge in [-0.1, -0.05) is 58.8 Å². The van der Waals surface area contributed by atoms with E-state index >= 15 is 0 Å². The minimum Gasteiger partial charge on any atom is -0.394 e. The monoisotopic (exact) mass is 406 g/mol. The van der Waals surface area contributed by atoms with E-state index in [9.17, 15) is 0 Å². The van der Waals surface area contributed by atoms with Crippen molar-refractivity contribution in [2.24, 2.45) is 5.92 Å². The van der Waals surface area contributed by atoms with Crippen LogP contribution in [0.5, 0.6) is 0 Å². The van der Waals surface area contributed by atoms with Gasteiger partial charge in [-0.3, -0.25) is 0 Å². The molecule has 1 atom stereocenters. The quantitative estimate of drug-likeness (QED) is 0.246. The van der Waals surface area contributed by atoms with E-state index in [0.717, 1.165) is 18.9 Å². The van der Waals surface area contributed by atoms with Gasteiger partial charge >= 0.3 is 0 Å². The molecule has 0 spiro atoms. The molecule has 0 aliphatic rings. The third-order valence-corrected chi connectivity index (χ3v) is 4.49. The molecule has 0 radical (unpaired) electrons. The highest BCUT2D eigenvalue weighted by Gasteiger charge is 2.00. The first-order valence-electron chi connectivity index (χ1n) is 11.3. The summed E-state index contributed by atoms with van der Waals surface area (Å²) in [6, 6.07) is 0. The van der Waals surface area contributed by atoms with E-state index < -0.39 is 0 Å². The van der Waals surface area contributed by atoms with Crippen LogP contribution in [-0.4, -0.2) is 77.8 Å². The van der Waals surface area contributed by atoms with Crippen molar-refractivity contribution in [2.45, 2.75) is 65.2 Å². The summed E-state index contributed by atoms with van der Waals surface area (Å²) in [5, 5.41) is 8.54. The van der Waals surface area contributed by atoms with E-state index in [4.69, 9.17) is 28.8 Å². The van der Waals surface area contributed by atoms with Gasteiger partial charge in [-0.25, -0.2) is 0 Å². The molecule has 0 saturated heterocycles. The minimum atomic E-state index is 0.0485. The summed E-state index contributed by atoms with van der Waals surface area (Å²) in [5.41, 5.74) is 0. The van der Waals surface area contributed by atoms with Crippen LogP contribution in [0.4, 0.5) is 0 Å². The first kappa shape index (κ1) is 27.8. The SMILES string of the molecule is CCCC(C)CCCCCCCOCCOCCOCCOCCOCCO. The normalized spacial score (nSPS) is 12.5. The standard InChI is InChI=1S/C22H46O6/c1-3-9-22(2)10-7-5-4-6-8-12-24-14-16-26-18-20-28-21-19-27-17-15-25-13-11-23/h22-23H,3-21H2,1-2H3. The molecule has 1 N–H and O–H groups in total. The molecule has 0 fully saturated rings. The molecule has 170 valence electrons. The van der Waals surface area contributed by atoms with Gasteiger partial charge in [0.05, 0.1) is 66.1 Å². The topological polar surface area (TPSA) is 66.4 Å². The summed E-state index contributed by atoms with van der Waals surface area (Å²) < 4.78 is 26.9. The van der Waals surface area contributed by atoms with Gasteiger partial charge in [0.1, 0.15) is 0 Å². The third-order valence-electron chi connectivity index (χ3n) is 4.49. The summed E-state index contributed by atoms with van der Waals surface area (Å²) in [5.74, 6) is 0.898. The van der Waals surface area contributed by atoms with Crippen LogP contribution < -0.4 is 0 Å². The van der Waals surface area contributed by atoms with Crippen molar-refractivity contribution in [3.8, 4) is 0 Å². The Hall–Kier alpha value is -0.240. The van der Waals surface area contributed by atoms with Crippen LogP contribution in [0.25, 0.3) is 0 Å². The fraction of sp³-hybridized carbons (Fsp3) is 1.00. The Labute approximate surface area is 173 Å². The van der Waals surface area contributed by atoms with E-state index in [1.807, 2.05) is 0 Å². The molecule has 0 aromatic rings. The number of aliphatic hydroxyl groups is 1. The second kappa shape index (κ2) is 24.8. The predicted octanol–water partition coefficient (Wildman–Crippen LogP) is 3.84. The maximum atomic E-state index is 8.54. The molecule has 0 aromatic heterocycles. The Kier molecular flexibility index (Phi) is 24.6. The first-order chi connectivity index (χ1) is 13.8. The largest absolute Gasteiger partial charge is 0.394 e. The number of unbranched alkanes of at least 4 members (excludes halogenated alkanes) is 4. The molecule has 6 nitrogen and oxygen atoms in total. The van der Waals surface area contributed by atoms with Crippen molar-refractivity contribution in [3.63, 3.8) is 0 Å². The fourth-order valence-corrected chi connectivity index (χ4v) is 2.91. The number of hydrogen-bond donors (Lipinski definition) is 1. The maximum Gasteiger partial charge on any atom is 0.0701 e. The minimum absolute atomic E-state index is 0.0485. The summed E-state index contributed by atoms with van der Waals surface area (Å²) in [6.07, 6.45) is 10.6. The van der Waals surface area contributed by atoms with Gasteiger partial charge in [-0.15, -0.1) is 0 Å². The van der Waals surface area contributed by atoms with E-state index in [1.165, 1.54) is 44.9 Å². The molecule has 0 heterocycles. The van der Waals surface area contributed by atoms with Crippen molar-refractivity contribution in [3.05, 3.63) is 0 Å². The number of ether oxygens (including phenoxy) is 5. The molecule has 0 aromatic carbocycles. The number of aliphatic hydroxyl groups excluding tert-OH is 1. The van der Waals surface area contributed by atoms with Crippen molar-refractivity contribution in [1.29, 1.82) is 0 Å². The van der Waals surface area contributed by atoms with Crippen LogP contribution in [-0.2, 0) is 23.7 Å². The lowest BCUT2D eigenvalue weighted by molar-refractivity contribution is -0.0134. The Bertz CT molecular complexity index is 278. The van der Waals surface area contributed by atoms with Gasteiger partial charge < -0.3 is 28.8 Å².